The molecule has 1 aliphatic heterocycles. The molecule has 0 amide bonds. The van der Waals surface area contributed by atoms with Gasteiger partial charge in [-0.2, -0.15) is 16.8 Å². The van der Waals surface area contributed by atoms with Crippen molar-refractivity contribution in [3.8, 4) is 17.2 Å². The number of aromatic hydroxyl groups is 3. The molecular formula is C27H23NO9S2. The molecule has 0 spiro atoms. The van der Waals surface area contributed by atoms with Crippen molar-refractivity contribution in [2.45, 2.75) is 35.5 Å². The summed E-state index contributed by atoms with van der Waals surface area (Å²) >= 11 is 0. The minimum atomic E-state index is -4.62. The summed E-state index contributed by atoms with van der Waals surface area (Å²) in [5, 5.41) is 33.2. The van der Waals surface area contributed by atoms with Crippen molar-refractivity contribution in [1.29, 1.82) is 0 Å². The van der Waals surface area contributed by atoms with Gasteiger partial charge in [-0.05, 0) is 47.5 Å². The van der Waals surface area contributed by atoms with Crippen LogP contribution < -0.4 is 0 Å². The van der Waals surface area contributed by atoms with Crippen molar-refractivity contribution in [1.82, 2.24) is 4.98 Å². The van der Waals surface area contributed by atoms with E-state index in [4.69, 9.17) is 0 Å². The van der Waals surface area contributed by atoms with Crippen LogP contribution in [-0.4, -0.2) is 46.2 Å². The number of phenols is 3. The van der Waals surface area contributed by atoms with Crippen LogP contribution in [0.5, 0.6) is 17.2 Å². The van der Waals surface area contributed by atoms with E-state index in [1.54, 1.807) is 36.4 Å². The lowest BCUT2D eigenvalue weighted by Gasteiger charge is -2.17. The zero-order chi connectivity index (χ0) is 28.1. The van der Waals surface area contributed by atoms with E-state index in [1.165, 1.54) is 0 Å². The molecule has 0 saturated carbocycles. The third-order valence-corrected chi connectivity index (χ3v) is 8.31. The van der Waals surface area contributed by atoms with E-state index in [-0.39, 0.29) is 65.2 Å². The molecule has 202 valence electrons. The van der Waals surface area contributed by atoms with Crippen molar-refractivity contribution in [2.24, 2.45) is 0 Å². The van der Waals surface area contributed by atoms with Gasteiger partial charge in [0.2, 0.25) is 0 Å². The number of benzene rings is 3. The van der Waals surface area contributed by atoms with Crippen LogP contribution in [0.2, 0.25) is 0 Å². The average molecular weight is 570 g/mol. The monoisotopic (exact) mass is 569 g/mol. The third kappa shape index (κ3) is 5.45. The number of phenolic OH excluding ortho intramolecular Hbond substituents is 3. The average Bonchev–Trinajstić information content (AvgIpc) is 2.84. The molecule has 5 N–H and O–H groups in total. The Balaban J connectivity index is 1.77. The normalized spacial score (nSPS) is 13.7. The van der Waals surface area contributed by atoms with Gasteiger partial charge < -0.3 is 15.3 Å². The molecule has 0 saturated heterocycles. The van der Waals surface area contributed by atoms with Gasteiger partial charge in [0.25, 0.3) is 20.2 Å². The van der Waals surface area contributed by atoms with Gasteiger partial charge in [0.1, 0.15) is 17.2 Å². The van der Waals surface area contributed by atoms with Gasteiger partial charge >= 0.3 is 0 Å². The number of pyridine rings is 1. The molecule has 0 fully saturated rings. The molecule has 3 aromatic carbocycles. The second-order valence-corrected chi connectivity index (χ2v) is 12.2. The molecule has 0 radical (unpaired) electrons. The van der Waals surface area contributed by atoms with Crippen LogP contribution in [0.1, 0.15) is 44.8 Å². The van der Waals surface area contributed by atoms with E-state index >= 15 is 0 Å². The second-order valence-electron chi connectivity index (χ2n) is 9.38. The van der Waals surface area contributed by atoms with Gasteiger partial charge in [0.05, 0.1) is 9.79 Å². The number of nitrogens with zero attached hydrogens (tertiary/aromatic N) is 1. The van der Waals surface area contributed by atoms with Gasteiger partial charge in [-0.15, -0.1) is 0 Å². The van der Waals surface area contributed by atoms with Crippen molar-refractivity contribution in [3.63, 3.8) is 0 Å². The number of rotatable bonds is 2. The molecule has 10 nitrogen and oxygen atoms in total. The maximum Gasteiger partial charge on any atom is 0.294 e. The first-order chi connectivity index (χ1) is 18.3. The molecule has 12 heteroatoms. The maximum atomic E-state index is 12.0. The Morgan fingerprint density at radius 3 is 1.23 bits per heavy atom. The molecule has 39 heavy (non-hydrogen) atoms. The Bertz CT molecular complexity index is 1720. The van der Waals surface area contributed by atoms with E-state index in [0.717, 1.165) is 24.3 Å². The van der Waals surface area contributed by atoms with Gasteiger partial charge in [-0.25, -0.2) is 0 Å². The van der Waals surface area contributed by atoms with Crippen LogP contribution in [0, 0.1) is 0 Å². The van der Waals surface area contributed by atoms with Crippen molar-refractivity contribution < 1.29 is 41.3 Å². The Morgan fingerprint density at radius 2 is 0.846 bits per heavy atom. The Kier molecular flexibility index (Phi) is 6.59. The summed E-state index contributed by atoms with van der Waals surface area (Å²) < 4.78 is 67.5. The van der Waals surface area contributed by atoms with Crippen LogP contribution in [0.25, 0.3) is 0 Å². The van der Waals surface area contributed by atoms with Crippen molar-refractivity contribution in [3.05, 3.63) is 105 Å². The molecular weight excluding hydrogens is 546 g/mol. The highest BCUT2D eigenvalue weighted by Gasteiger charge is 2.22. The number of hydrogen-bond donors (Lipinski definition) is 5. The highest BCUT2D eigenvalue weighted by molar-refractivity contribution is 7.86. The smallest absolute Gasteiger partial charge is 0.294 e. The fraction of sp³-hybridized carbons (Fsp3) is 0.148. The molecule has 2 heterocycles. The number of fused-ring (bicyclic) bond motifs is 8. The Morgan fingerprint density at radius 1 is 0.513 bits per heavy atom. The van der Waals surface area contributed by atoms with Gasteiger partial charge in [0.15, 0.2) is 0 Å². The number of para-hydroxylation sites is 1. The highest BCUT2D eigenvalue weighted by atomic mass is 32.2. The fourth-order valence-corrected chi connectivity index (χ4v) is 5.91. The third-order valence-electron chi connectivity index (χ3n) is 6.65. The minimum absolute atomic E-state index is 0.0235. The number of hydrogen-bond acceptors (Lipinski definition) is 8. The maximum absolute atomic E-state index is 12.0. The lowest BCUT2D eigenvalue weighted by molar-refractivity contribution is 0.453. The zero-order valence-corrected chi connectivity index (χ0v) is 21.9. The molecule has 5 rings (SSSR count). The standard InChI is InChI=1S/C27H23NO9S2/c29-25-15-3-1-4-16(25)8-18-12-24(39(35,36)37)14-20(27(18)31)10-22-6-2-5-21(28-22)9-19-13-23(38(32,33)34)11-17(7-15)26(19)30/h1-6,11-14,29-31H,7-10H2,(H,32,33,34)(H,35,36,37). The summed E-state index contributed by atoms with van der Waals surface area (Å²) in [6.45, 7) is 0. The first-order valence-electron chi connectivity index (χ1n) is 11.7. The highest BCUT2D eigenvalue weighted by Crippen LogP contribution is 2.36. The summed E-state index contributed by atoms with van der Waals surface area (Å²) in [7, 11) is -9.25. The first kappa shape index (κ1) is 26.6. The van der Waals surface area contributed by atoms with Crippen LogP contribution >= 0.6 is 0 Å². The lowest BCUT2D eigenvalue weighted by Crippen LogP contribution is -2.06. The zero-order valence-electron chi connectivity index (χ0n) is 20.2. The molecule has 8 bridgehead atoms. The number of aromatic nitrogens is 1. The quantitative estimate of drug-likeness (QED) is 0.198. The largest absolute Gasteiger partial charge is 0.507 e. The SMILES string of the molecule is O=S(=O)(O)c1cc2c(O)c(c1)Cc1cccc(c1O)Cc1cc(S(=O)(=O)O)cc(c1O)Cc1cccc(n1)C2. The predicted octanol–water partition coefficient (Wildman–Crippen LogP) is 3.37. The van der Waals surface area contributed by atoms with Crippen molar-refractivity contribution >= 4 is 20.2 Å². The summed E-state index contributed by atoms with van der Waals surface area (Å²) in [5.74, 6) is -0.646. The molecule has 1 aliphatic rings. The summed E-state index contributed by atoms with van der Waals surface area (Å²) in [6, 6.07) is 14.2. The second kappa shape index (κ2) is 9.65. The first-order valence-corrected chi connectivity index (χ1v) is 14.6. The van der Waals surface area contributed by atoms with E-state index in [0.29, 0.717) is 22.5 Å². The van der Waals surface area contributed by atoms with Crippen molar-refractivity contribution in [2.75, 3.05) is 0 Å². The minimum Gasteiger partial charge on any atom is -0.507 e. The fourth-order valence-electron chi connectivity index (χ4n) is 4.75. The van der Waals surface area contributed by atoms with Crippen LogP contribution in [0.15, 0.2) is 70.5 Å². The topological polar surface area (TPSA) is 182 Å². The molecule has 4 aromatic rings. The summed E-state index contributed by atoms with van der Waals surface area (Å²) in [4.78, 5) is 3.68. The Labute approximate surface area is 224 Å². The predicted molar refractivity (Wildman–Crippen MR) is 139 cm³/mol. The molecule has 0 unspecified atom stereocenters. The van der Waals surface area contributed by atoms with E-state index in [1.807, 2.05) is 0 Å². The van der Waals surface area contributed by atoms with Gasteiger partial charge in [-0.3, -0.25) is 14.1 Å². The molecule has 1 aromatic heterocycles. The van der Waals surface area contributed by atoms with E-state index < -0.39 is 30.0 Å². The summed E-state index contributed by atoms with van der Waals surface area (Å²) in [5.41, 5.74) is 2.06. The Hall–Kier alpha value is -3.97. The van der Waals surface area contributed by atoms with Gasteiger partial charge in [-0.1, -0.05) is 24.3 Å². The van der Waals surface area contributed by atoms with Crippen LogP contribution in [0.3, 0.4) is 0 Å². The molecule has 0 atom stereocenters. The summed E-state index contributed by atoms with van der Waals surface area (Å²) in [6.07, 6.45) is -0.274. The molecule has 0 aliphatic carbocycles. The lowest BCUT2D eigenvalue weighted by atomic mass is 9.94. The van der Waals surface area contributed by atoms with Crippen LogP contribution in [0.4, 0.5) is 0 Å². The van der Waals surface area contributed by atoms with E-state index in [2.05, 4.69) is 4.98 Å². The van der Waals surface area contributed by atoms with E-state index in [9.17, 15) is 41.3 Å². The van der Waals surface area contributed by atoms with Crippen LogP contribution in [-0.2, 0) is 45.9 Å². The van der Waals surface area contributed by atoms with Gasteiger partial charge in [0, 0.05) is 59.3 Å².